The summed E-state index contributed by atoms with van der Waals surface area (Å²) in [6, 6.07) is 20.4. The SMILES string of the molecule is COc1ccc(C(=O)NCCc2nc3ccccc3n2CCOc2ccc(Cl)cc2)cc1OC. The van der Waals surface area contributed by atoms with Gasteiger partial charge in [0, 0.05) is 23.6 Å². The Morgan fingerprint density at radius 3 is 2.53 bits per heavy atom. The highest BCUT2D eigenvalue weighted by atomic mass is 35.5. The quantitative estimate of drug-likeness (QED) is 0.355. The lowest BCUT2D eigenvalue weighted by atomic mass is 10.2. The molecule has 0 saturated carbocycles. The highest BCUT2D eigenvalue weighted by Crippen LogP contribution is 2.27. The van der Waals surface area contributed by atoms with Crippen molar-refractivity contribution < 1.29 is 19.0 Å². The molecule has 8 heteroatoms. The largest absolute Gasteiger partial charge is 0.493 e. The molecule has 0 radical (unpaired) electrons. The van der Waals surface area contributed by atoms with Crippen molar-refractivity contribution >= 4 is 28.5 Å². The van der Waals surface area contributed by atoms with Crippen LogP contribution in [0, 0.1) is 0 Å². The Bertz CT molecular complexity index is 1270. The lowest BCUT2D eigenvalue weighted by Crippen LogP contribution is -2.26. The number of amides is 1. The van der Waals surface area contributed by atoms with E-state index in [2.05, 4.69) is 9.88 Å². The lowest BCUT2D eigenvalue weighted by molar-refractivity contribution is 0.0953. The number of methoxy groups -OCH3 is 2. The minimum Gasteiger partial charge on any atom is -0.493 e. The zero-order valence-corrected chi connectivity index (χ0v) is 19.8. The predicted octanol–water partition coefficient (Wildman–Crippen LogP) is 4.76. The van der Waals surface area contributed by atoms with Gasteiger partial charge in [0.25, 0.3) is 5.91 Å². The van der Waals surface area contributed by atoms with E-state index in [0.29, 0.717) is 48.2 Å². The summed E-state index contributed by atoms with van der Waals surface area (Å²) in [5, 5.41) is 3.63. The van der Waals surface area contributed by atoms with Gasteiger partial charge in [-0.1, -0.05) is 23.7 Å². The molecule has 0 spiro atoms. The van der Waals surface area contributed by atoms with Gasteiger partial charge in [-0.05, 0) is 54.6 Å². The zero-order chi connectivity index (χ0) is 23.9. The average molecular weight is 480 g/mol. The number of fused-ring (bicyclic) bond motifs is 1. The molecule has 0 bridgehead atoms. The Hall–Kier alpha value is -3.71. The fourth-order valence-electron chi connectivity index (χ4n) is 3.72. The Morgan fingerprint density at radius 2 is 1.76 bits per heavy atom. The molecular formula is C26H26ClN3O4. The molecule has 1 amide bonds. The Labute approximate surface area is 203 Å². The van der Waals surface area contributed by atoms with Crippen LogP contribution in [0.15, 0.2) is 66.7 Å². The van der Waals surface area contributed by atoms with Crippen molar-refractivity contribution in [2.75, 3.05) is 27.4 Å². The number of halogens is 1. The summed E-state index contributed by atoms with van der Waals surface area (Å²) in [6.07, 6.45) is 0.578. The summed E-state index contributed by atoms with van der Waals surface area (Å²) < 4.78 is 18.5. The number of rotatable bonds is 10. The average Bonchev–Trinajstić information content (AvgIpc) is 3.22. The summed E-state index contributed by atoms with van der Waals surface area (Å²) in [7, 11) is 3.10. The van der Waals surface area contributed by atoms with Gasteiger partial charge in [0.1, 0.15) is 18.2 Å². The number of carbonyl (C=O) groups excluding carboxylic acids is 1. The highest BCUT2D eigenvalue weighted by Gasteiger charge is 2.13. The predicted molar refractivity (Wildman–Crippen MR) is 132 cm³/mol. The number of nitrogens with zero attached hydrogens (tertiary/aromatic N) is 2. The first kappa shape index (κ1) is 23.4. The first-order valence-electron chi connectivity index (χ1n) is 10.9. The third kappa shape index (κ3) is 5.43. The van der Waals surface area contributed by atoms with Gasteiger partial charge >= 0.3 is 0 Å². The van der Waals surface area contributed by atoms with E-state index in [9.17, 15) is 4.79 Å². The second kappa shape index (κ2) is 10.9. The number of nitrogens with one attached hydrogen (secondary N) is 1. The molecule has 3 aromatic carbocycles. The maximum Gasteiger partial charge on any atom is 0.251 e. The van der Waals surface area contributed by atoms with Crippen molar-refractivity contribution in [3.05, 3.63) is 83.1 Å². The molecule has 1 heterocycles. The van der Waals surface area contributed by atoms with Crippen molar-refractivity contribution in [3.63, 3.8) is 0 Å². The molecule has 4 rings (SSSR count). The summed E-state index contributed by atoms with van der Waals surface area (Å²) >= 11 is 5.94. The molecule has 0 aliphatic carbocycles. The Morgan fingerprint density at radius 1 is 1.00 bits per heavy atom. The molecular weight excluding hydrogens is 454 g/mol. The van der Waals surface area contributed by atoms with Crippen molar-refractivity contribution in [2.24, 2.45) is 0 Å². The summed E-state index contributed by atoms with van der Waals surface area (Å²) in [5.41, 5.74) is 2.45. The Kier molecular flexibility index (Phi) is 7.54. The van der Waals surface area contributed by atoms with Gasteiger partial charge in [-0.3, -0.25) is 4.79 Å². The third-order valence-corrected chi connectivity index (χ3v) is 5.66. The topological polar surface area (TPSA) is 74.6 Å². The Balaban J connectivity index is 1.41. The minimum absolute atomic E-state index is 0.185. The van der Waals surface area contributed by atoms with Gasteiger partial charge in [0.15, 0.2) is 11.5 Å². The van der Waals surface area contributed by atoms with Gasteiger partial charge in [-0.25, -0.2) is 4.98 Å². The molecule has 176 valence electrons. The van der Waals surface area contributed by atoms with Gasteiger partial charge in [0.05, 0.1) is 31.8 Å². The number of hydrogen-bond acceptors (Lipinski definition) is 5. The van der Waals surface area contributed by atoms with E-state index in [0.717, 1.165) is 22.6 Å². The fourth-order valence-corrected chi connectivity index (χ4v) is 3.84. The smallest absolute Gasteiger partial charge is 0.251 e. The van der Waals surface area contributed by atoms with Crippen LogP contribution in [0.25, 0.3) is 11.0 Å². The molecule has 7 nitrogen and oxygen atoms in total. The molecule has 34 heavy (non-hydrogen) atoms. The minimum atomic E-state index is -0.185. The number of ether oxygens (including phenoxy) is 3. The standard InChI is InChI=1S/C26H26ClN3O4/c1-32-23-12-7-18(17-24(23)33-2)26(31)28-14-13-25-29-21-5-3-4-6-22(21)30(25)15-16-34-20-10-8-19(27)9-11-20/h3-12,17H,13-16H2,1-2H3,(H,28,31). The number of imidazole rings is 1. The number of aromatic nitrogens is 2. The van der Waals surface area contributed by atoms with Crippen LogP contribution in [0.2, 0.25) is 5.02 Å². The van der Waals surface area contributed by atoms with Crippen LogP contribution in [-0.4, -0.2) is 42.8 Å². The molecule has 0 atom stereocenters. The van der Waals surface area contributed by atoms with Crippen molar-refractivity contribution in [1.29, 1.82) is 0 Å². The van der Waals surface area contributed by atoms with Crippen LogP contribution < -0.4 is 19.5 Å². The second-order valence-corrected chi connectivity index (χ2v) is 7.98. The number of para-hydroxylation sites is 2. The van der Waals surface area contributed by atoms with E-state index < -0.39 is 0 Å². The molecule has 0 aliphatic heterocycles. The first-order chi connectivity index (χ1) is 16.6. The maximum atomic E-state index is 12.6. The van der Waals surface area contributed by atoms with E-state index in [1.54, 1.807) is 44.6 Å². The summed E-state index contributed by atoms with van der Waals surface area (Å²) in [6.45, 7) is 1.55. The van der Waals surface area contributed by atoms with E-state index >= 15 is 0 Å². The molecule has 0 aliphatic rings. The monoisotopic (exact) mass is 479 g/mol. The molecule has 0 fully saturated rings. The number of carbonyl (C=O) groups is 1. The zero-order valence-electron chi connectivity index (χ0n) is 19.1. The van der Waals surface area contributed by atoms with E-state index in [-0.39, 0.29) is 5.91 Å². The number of benzene rings is 3. The fraction of sp³-hybridized carbons (Fsp3) is 0.231. The van der Waals surface area contributed by atoms with Crippen LogP contribution in [0.4, 0.5) is 0 Å². The lowest BCUT2D eigenvalue weighted by Gasteiger charge is -2.12. The van der Waals surface area contributed by atoms with Crippen molar-refractivity contribution in [3.8, 4) is 17.2 Å². The van der Waals surface area contributed by atoms with Crippen LogP contribution >= 0.6 is 11.6 Å². The highest BCUT2D eigenvalue weighted by molar-refractivity contribution is 6.30. The molecule has 0 unspecified atom stereocenters. The van der Waals surface area contributed by atoms with Crippen LogP contribution in [0.1, 0.15) is 16.2 Å². The van der Waals surface area contributed by atoms with Gasteiger partial charge in [-0.2, -0.15) is 0 Å². The van der Waals surface area contributed by atoms with Crippen molar-refractivity contribution in [1.82, 2.24) is 14.9 Å². The van der Waals surface area contributed by atoms with Crippen LogP contribution in [-0.2, 0) is 13.0 Å². The van der Waals surface area contributed by atoms with E-state index in [1.807, 2.05) is 36.4 Å². The maximum absolute atomic E-state index is 12.6. The summed E-state index contributed by atoms with van der Waals surface area (Å²) in [5.74, 6) is 2.55. The van der Waals surface area contributed by atoms with E-state index in [4.69, 9.17) is 30.8 Å². The molecule has 0 saturated heterocycles. The number of hydrogen-bond donors (Lipinski definition) is 1. The molecule has 1 aromatic heterocycles. The van der Waals surface area contributed by atoms with Crippen LogP contribution in [0.3, 0.4) is 0 Å². The van der Waals surface area contributed by atoms with Gasteiger partial charge < -0.3 is 24.1 Å². The first-order valence-corrected chi connectivity index (χ1v) is 11.3. The van der Waals surface area contributed by atoms with Crippen molar-refractivity contribution in [2.45, 2.75) is 13.0 Å². The van der Waals surface area contributed by atoms with E-state index in [1.165, 1.54) is 0 Å². The normalized spacial score (nSPS) is 10.8. The second-order valence-electron chi connectivity index (χ2n) is 7.55. The molecule has 1 N–H and O–H groups in total. The molecule has 4 aromatic rings. The summed E-state index contributed by atoms with van der Waals surface area (Å²) in [4.78, 5) is 17.4. The van der Waals surface area contributed by atoms with Gasteiger partial charge in [-0.15, -0.1) is 0 Å². The van der Waals surface area contributed by atoms with Gasteiger partial charge in [0.2, 0.25) is 0 Å². The third-order valence-electron chi connectivity index (χ3n) is 5.41. The van der Waals surface area contributed by atoms with Crippen LogP contribution in [0.5, 0.6) is 17.2 Å².